The van der Waals surface area contributed by atoms with E-state index in [0.717, 1.165) is 31.6 Å². The predicted molar refractivity (Wildman–Crippen MR) is 105 cm³/mol. The Hall–Kier alpha value is -3.63. The molecule has 166 valence electrons. The van der Waals surface area contributed by atoms with E-state index in [0.29, 0.717) is 16.9 Å². The number of benzene rings is 1. The highest BCUT2D eigenvalue weighted by atomic mass is 19.4. The lowest BCUT2D eigenvalue weighted by Crippen LogP contribution is -2.21. The SMILES string of the molecule is O=C(O)C(F)(F)F.O=C(O)Cc1ccccc1NC(=O)c1cc(N2CCCC2)ccn1. The van der Waals surface area contributed by atoms with E-state index in [1.807, 2.05) is 6.07 Å². The van der Waals surface area contributed by atoms with Crippen molar-refractivity contribution in [3.63, 3.8) is 0 Å². The Bertz CT molecular complexity index is 944. The number of carbonyl (C=O) groups is 3. The fourth-order valence-electron chi connectivity index (χ4n) is 2.86. The number of carboxylic acid groups (broad SMARTS) is 2. The van der Waals surface area contributed by atoms with Crippen molar-refractivity contribution < 1.29 is 37.8 Å². The van der Waals surface area contributed by atoms with E-state index in [1.165, 1.54) is 0 Å². The van der Waals surface area contributed by atoms with Crippen LogP contribution in [-0.2, 0) is 16.0 Å². The summed E-state index contributed by atoms with van der Waals surface area (Å²) < 4.78 is 31.7. The lowest BCUT2D eigenvalue weighted by molar-refractivity contribution is -0.192. The third-order valence-corrected chi connectivity index (χ3v) is 4.30. The van der Waals surface area contributed by atoms with Gasteiger partial charge in [0.2, 0.25) is 0 Å². The summed E-state index contributed by atoms with van der Waals surface area (Å²) in [5.41, 5.74) is 2.38. The van der Waals surface area contributed by atoms with E-state index < -0.39 is 18.1 Å². The van der Waals surface area contributed by atoms with Gasteiger partial charge < -0.3 is 20.4 Å². The van der Waals surface area contributed by atoms with Crippen molar-refractivity contribution in [2.24, 2.45) is 0 Å². The zero-order valence-corrected chi connectivity index (χ0v) is 16.2. The number of hydrogen-bond donors (Lipinski definition) is 3. The van der Waals surface area contributed by atoms with Crippen LogP contribution in [0.3, 0.4) is 0 Å². The van der Waals surface area contributed by atoms with Crippen LogP contribution in [0.4, 0.5) is 24.5 Å². The lowest BCUT2D eigenvalue weighted by atomic mass is 10.1. The summed E-state index contributed by atoms with van der Waals surface area (Å²) in [6, 6.07) is 10.6. The second kappa shape index (κ2) is 10.4. The van der Waals surface area contributed by atoms with Gasteiger partial charge in [0.15, 0.2) is 0 Å². The quantitative estimate of drug-likeness (QED) is 0.654. The number of carboxylic acids is 2. The number of nitrogens with zero attached hydrogens (tertiary/aromatic N) is 2. The number of amides is 1. The summed E-state index contributed by atoms with van der Waals surface area (Å²) in [6.07, 6.45) is -1.28. The maximum absolute atomic E-state index is 12.5. The molecule has 0 saturated carbocycles. The standard InChI is InChI=1S/C18H19N3O3.C2HF3O2/c22-17(23)11-13-5-1-2-6-15(13)20-18(24)16-12-14(7-8-19-16)21-9-3-4-10-21;3-2(4,5)1(6)7/h1-2,5-8,12H,3-4,9-11H2,(H,20,24)(H,22,23);(H,6,7). The second-order valence-electron chi connectivity index (χ2n) is 6.58. The van der Waals surface area contributed by atoms with Crippen molar-refractivity contribution in [2.75, 3.05) is 23.3 Å². The van der Waals surface area contributed by atoms with Crippen molar-refractivity contribution in [1.29, 1.82) is 0 Å². The van der Waals surface area contributed by atoms with Gasteiger partial charge in [0, 0.05) is 30.7 Å². The molecular weight excluding hydrogens is 419 g/mol. The summed E-state index contributed by atoms with van der Waals surface area (Å²) in [5.74, 6) is -4.03. The molecule has 0 spiro atoms. The number of aromatic nitrogens is 1. The monoisotopic (exact) mass is 439 g/mol. The third-order valence-electron chi connectivity index (χ3n) is 4.30. The summed E-state index contributed by atoms with van der Waals surface area (Å²) in [6.45, 7) is 1.99. The van der Waals surface area contributed by atoms with Gasteiger partial charge in [-0.15, -0.1) is 0 Å². The molecule has 0 bridgehead atoms. The van der Waals surface area contributed by atoms with Gasteiger partial charge in [-0.1, -0.05) is 18.2 Å². The molecule has 1 amide bonds. The van der Waals surface area contributed by atoms with Crippen LogP contribution in [0.25, 0.3) is 0 Å². The van der Waals surface area contributed by atoms with E-state index in [2.05, 4.69) is 15.2 Å². The molecule has 0 radical (unpaired) electrons. The molecule has 0 unspecified atom stereocenters. The molecule has 1 aromatic heterocycles. The highest BCUT2D eigenvalue weighted by Crippen LogP contribution is 2.21. The maximum Gasteiger partial charge on any atom is 0.490 e. The molecule has 31 heavy (non-hydrogen) atoms. The molecule has 0 atom stereocenters. The number of pyridine rings is 1. The molecular formula is C20H20F3N3O5. The van der Waals surface area contributed by atoms with Gasteiger partial charge in [0.25, 0.3) is 5.91 Å². The highest BCUT2D eigenvalue weighted by molar-refractivity contribution is 6.04. The Morgan fingerprint density at radius 1 is 1.06 bits per heavy atom. The van der Waals surface area contributed by atoms with Crippen molar-refractivity contribution in [1.82, 2.24) is 4.98 Å². The van der Waals surface area contributed by atoms with E-state index in [4.69, 9.17) is 15.0 Å². The minimum atomic E-state index is -5.08. The topological polar surface area (TPSA) is 120 Å². The number of anilines is 2. The molecule has 3 N–H and O–H groups in total. The minimum absolute atomic E-state index is 0.141. The summed E-state index contributed by atoms with van der Waals surface area (Å²) in [4.78, 5) is 38.7. The van der Waals surface area contributed by atoms with Crippen LogP contribution < -0.4 is 10.2 Å². The van der Waals surface area contributed by atoms with Crippen LogP contribution in [0.1, 0.15) is 28.9 Å². The third kappa shape index (κ3) is 7.28. The number of carbonyl (C=O) groups excluding carboxylic acids is 1. The van der Waals surface area contributed by atoms with Crippen LogP contribution in [0.5, 0.6) is 0 Å². The number of aliphatic carboxylic acids is 2. The Morgan fingerprint density at radius 2 is 1.68 bits per heavy atom. The largest absolute Gasteiger partial charge is 0.490 e. The van der Waals surface area contributed by atoms with Crippen LogP contribution in [0.2, 0.25) is 0 Å². The molecule has 2 aromatic rings. The Morgan fingerprint density at radius 3 is 2.26 bits per heavy atom. The van der Waals surface area contributed by atoms with Crippen molar-refractivity contribution in [3.05, 3.63) is 53.9 Å². The van der Waals surface area contributed by atoms with E-state index in [1.54, 1.807) is 36.5 Å². The van der Waals surface area contributed by atoms with Crippen LogP contribution in [0, 0.1) is 0 Å². The van der Waals surface area contributed by atoms with Crippen LogP contribution >= 0.6 is 0 Å². The molecule has 8 nitrogen and oxygen atoms in total. The fraction of sp³-hybridized carbons (Fsp3) is 0.300. The number of para-hydroxylation sites is 1. The molecule has 1 aromatic carbocycles. The first-order valence-corrected chi connectivity index (χ1v) is 9.20. The molecule has 1 saturated heterocycles. The van der Waals surface area contributed by atoms with Gasteiger partial charge >= 0.3 is 18.1 Å². The minimum Gasteiger partial charge on any atom is -0.481 e. The number of alkyl halides is 3. The molecule has 1 aliphatic rings. The number of hydrogen-bond acceptors (Lipinski definition) is 5. The molecule has 1 aliphatic heterocycles. The number of nitrogens with one attached hydrogen (secondary N) is 1. The van der Waals surface area contributed by atoms with Gasteiger partial charge in [-0.25, -0.2) is 4.79 Å². The Balaban J connectivity index is 0.000000423. The average molecular weight is 439 g/mol. The number of rotatable bonds is 5. The summed E-state index contributed by atoms with van der Waals surface area (Å²) >= 11 is 0. The average Bonchev–Trinajstić information content (AvgIpc) is 3.24. The van der Waals surface area contributed by atoms with E-state index in [9.17, 15) is 22.8 Å². The van der Waals surface area contributed by atoms with Gasteiger partial charge in [-0.2, -0.15) is 13.2 Å². The Labute approximate surface area is 175 Å². The normalized spacial score (nSPS) is 13.2. The van der Waals surface area contributed by atoms with E-state index in [-0.39, 0.29) is 12.3 Å². The first kappa shape index (κ1) is 23.6. The van der Waals surface area contributed by atoms with Gasteiger partial charge in [0.05, 0.1) is 6.42 Å². The molecule has 0 aliphatic carbocycles. The lowest BCUT2D eigenvalue weighted by Gasteiger charge is -2.18. The van der Waals surface area contributed by atoms with Crippen molar-refractivity contribution in [2.45, 2.75) is 25.4 Å². The zero-order chi connectivity index (χ0) is 23.0. The van der Waals surface area contributed by atoms with Crippen LogP contribution in [0.15, 0.2) is 42.6 Å². The first-order chi connectivity index (χ1) is 14.6. The number of halogens is 3. The van der Waals surface area contributed by atoms with Gasteiger partial charge in [0.1, 0.15) is 5.69 Å². The maximum atomic E-state index is 12.5. The fourth-order valence-corrected chi connectivity index (χ4v) is 2.86. The molecule has 11 heteroatoms. The smallest absolute Gasteiger partial charge is 0.481 e. The zero-order valence-electron chi connectivity index (χ0n) is 16.2. The van der Waals surface area contributed by atoms with Gasteiger partial charge in [-0.05, 0) is 36.6 Å². The molecule has 1 fully saturated rings. The van der Waals surface area contributed by atoms with Crippen LogP contribution in [-0.4, -0.2) is 52.3 Å². The van der Waals surface area contributed by atoms with Crippen molar-refractivity contribution >= 4 is 29.2 Å². The summed E-state index contributed by atoms with van der Waals surface area (Å²) in [5, 5.41) is 18.9. The molecule has 3 rings (SSSR count). The van der Waals surface area contributed by atoms with Crippen molar-refractivity contribution in [3.8, 4) is 0 Å². The summed E-state index contributed by atoms with van der Waals surface area (Å²) in [7, 11) is 0. The predicted octanol–water partition coefficient (Wildman–Crippen LogP) is 3.19. The highest BCUT2D eigenvalue weighted by Gasteiger charge is 2.38. The Kier molecular flexibility index (Phi) is 7.94. The molecule has 2 heterocycles. The second-order valence-corrected chi connectivity index (χ2v) is 6.58. The van der Waals surface area contributed by atoms with Gasteiger partial charge in [-0.3, -0.25) is 14.6 Å². The van der Waals surface area contributed by atoms with E-state index >= 15 is 0 Å². The first-order valence-electron chi connectivity index (χ1n) is 9.20.